The molecule has 2 atom stereocenters. The molecule has 208 valence electrons. The SMILES string of the molecule is O=C(NC(CNC(=O)C1(C(=O)CCC2CCNCC2)CCCNC1)C(=O)O)c1ccc(OCC2CC2)cc1. The van der Waals surface area contributed by atoms with Gasteiger partial charge in [0.25, 0.3) is 5.91 Å². The van der Waals surface area contributed by atoms with Crippen molar-refractivity contribution in [3.8, 4) is 5.75 Å². The van der Waals surface area contributed by atoms with Crippen molar-refractivity contribution >= 4 is 23.6 Å². The number of ketones is 1. The van der Waals surface area contributed by atoms with E-state index in [0.29, 0.717) is 49.0 Å². The molecule has 1 aromatic rings. The average molecular weight is 529 g/mol. The Balaban J connectivity index is 1.32. The van der Waals surface area contributed by atoms with E-state index in [1.165, 1.54) is 12.8 Å². The molecule has 2 saturated heterocycles. The second kappa shape index (κ2) is 13.2. The van der Waals surface area contributed by atoms with Gasteiger partial charge in [-0.25, -0.2) is 4.79 Å². The molecule has 0 spiro atoms. The van der Waals surface area contributed by atoms with Crippen LogP contribution in [0.5, 0.6) is 5.75 Å². The average Bonchev–Trinajstić information content (AvgIpc) is 3.78. The molecule has 1 saturated carbocycles. The third kappa shape index (κ3) is 7.54. The van der Waals surface area contributed by atoms with Crippen molar-refractivity contribution in [3.05, 3.63) is 29.8 Å². The monoisotopic (exact) mass is 528 g/mol. The smallest absolute Gasteiger partial charge is 0.328 e. The summed E-state index contributed by atoms with van der Waals surface area (Å²) in [5, 5.41) is 21.3. The number of carbonyl (C=O) groups is 4. The van der Waals surface area contributed by atoms with E-state index in [1.54, 1.807) is 24.3 Å². The van der Waals surface area contributed by atoms with Crippen LogP contribution in [0.25, 0.3) is 0 Å². The van der Waals surface area contributed by atoms with Crippen LogP contribution >= 0.6 is 0 Å². The lowest BCUT2D eigenvalue weighted by Gasteiger charge is -2.35. The second-order valence-corrected chi connectivity index (χ2v) is 10.9. The summed E-state index contributed by atoms with van der Waals surface area (Å²) in [4.78, 5) is 51.3. The number of carbonyl (C=O) groups excluding carboxylic acids is 3. The summed E-state index contributed by atoms with van der Waals surface area (Å²) >= 11 is 0. The minimum absolute atomic E-state index is 0.0966. The zero-order valence-corrected chi connectivity index (χ0v) is 21.9. The second-order valence-electron chi connectivity index (χ2n) is 10.9. The van der Waals surface area contributed by atoms with Gasteiger partial charge >= 0.3 is 5.97 Å². The fraction of sp³-hybridized carbons (Fsp3) is 0.643. The van der Waals surface area contributed by atoms with Crippen LogP contribution in [0.1, 0.15) is 61.7 Å². The molecule has 3 aliphatic rings. The Morgan fingerprint density at radius 2 is 1.74 bits per heavy atom. The number of rotatable bonds is 13. The number of carboxylic acids is 1. The van der Waals surface area contributed by atoms with Gasteiger partial charge in [-0.3, -0.25) is 14.4 Å². The van der Waals surface area contributed by atoms with Crippen molar-refractivity contribution in [3.63, 3.8) is 0 Å². The minimum atomic E-state index is -1.34. The fourth-order valence-electron chi connectivity index (χ4n) is 5.22. The van der Waals surface area contributed by atoms with Crippen molar-refractivity contribution in [1.82, 2.24) is 21.3 Å². The first kappa shape index (κ1) is 28.0. The summed E-state index contributed by atoms with van der Waals surface area (Å²) in [5.74, 6) is -0.659. The van der Waals surface area contributed by atoms with Crippen LogP contribution in [0.4, 0.5) is 0 Å². The number of amides is 2. The Bertz CT molecular complexity index is 982. The number of benzene rings is 1. The molecule has 4 rings (SSSR count). The maximum Gasteiger partial charge on any atom is 0.328 e. The van der Waals surface area contributed by atoms with Crippen LogP contribution in [0.3, 0.4) is 0 Å². The van der Waals surface area contributed by atoms with Gasteiger partial charge in [0.2, 0.25) is 5.91 Å². The topological polar surface area (TPSA) is 146 Å². The molecule has 1 aromatic carbocycles. The number of nitrogens with one attached hydrogen (secondary N) is 4. The zero-order chi connectivity index (χ0) is 27.0. The third-order valence-corrected chi connectivity index (χ3v) is 7.96. The lowest BCUT2D eigenvalue weighted by Crippen LogP contribution is -2.57. The van der Waals surface area contributed by atoms with E-state index in [4.69, 9.17) is 4.74 Å². The number of hydrogen-bond donors (Lipinski definition) is 5. The largest absolute Gasteiger partial charge is 0.493 e. The molecule has 3 fully saturated rings. The van der Waals surface area contributed by atoms with Gasteiger partial charge in [0, 0.05) is 25.1 Å². The Kier molecular flexibility index (Phi) is 9.74. The molecule has 2 heterocycles. The van der Waals surface area contributed by atoms with Crippen molar-refractivity contribution < 1.29 is 29.0 Å². The molecule has 10 heteroatoms. The summed E-state index contributed by atoms with van der Waals surface area (Å²) in [6.45, 7) is 3.22. The Morgan fingerprint density at radius 1 is 1.00 bits per heavy atom. The van der Waals surface area contributed by atoms with E-state index in [9.17, 15) is 24.3 Å². The van der Waals surface area contributed by atoms with Crippen molar-refractivity contribution in [1.29, 1.82) is 0 Å². The molecule has 2 unspecified atom stereocenters. The van der Waals surface area contributed by atoms with E-state index < -0.39 is 29.2 Å². The van der Waals surface area contributed by atoms with Gasteiger partial charge in [-0.15, -0.1) is 0 Å². The highest BCUT2D eigenvalue weighted by Gasteiger charge is 2.46. The van der Waals surface area contributed by atoms with Crippen molar-refractivity contribution in [2.24, 2.45) is 17.3 Å². The van der Waals surface area contributed by atoms with Gasteiger partial charge < -0.3 is 31.1 Å². The van der Waals surface area contributed by atoms with Crippen LogP contribution in [0, 0.1) is 17.3 Å². The zero-order valence-electron chi connectivity index (χ0n) is 21.9. The lowest BCUT2D eigenvalue weighted by atomic mass is 9.73. The van der Waals surface area contributed by atoms with Gasteiger partial charge in [0.05, 0.1) is 6.61 Å². The molecule has 0 aromatic heterocycles. The minimum Gasteiger partial charge on any atom is -0.493 e. The Labute approximate surface area is 223 Å². The first-order valence-electron chi connectivity index (χ1n) is 13.9. The molecule has 10 nitrogen and oxygen atoms in total. The molecule has 1 aliphatic carbocycles. The molecule has 2 amide bonds. The van der Waals surface area contributed by atoms with E-state index in [2.05, 4.69) is 21.3 Å². The van der Waals surface area contributed by atoms with Gasteiger partial charge in [-0.05, 0) is 101 Å². The normalized spacial score (nSPS) is 22.7. The van der Waals surface area contributed by atoms with Crippen LogP contribution in [0.2, 0.25) is 0 Å². The molecule has 5 N–H and O–H groups in total. The predicted octanol–water partition coefficient (Wildman–Crippen LogP) is 1.49. The standard InChI is InChI=1S/C28H40N4O6/c33-24(9-4-19-10-14-29-15-11-19)28(12-1-13-30-18-28)27(37)31-16-23(26(35)36)32-25(34)21-5-7-22(8-6-21)38-17-20-2-3-20/h5-8,19-20,23,29-30H,1-4,9-18H2,(H,31,37)(H,32,34)(H,35,36). The van der Waals surface area contributed by atoms with Crippen molar-refractivity contribution in [2.75, 3.05) is 39.3 Å². The van der Waals surface area contributed by atoms with Crippen LogP contribution in [-0.4, -0.2) is 74.0 Å². The van der Waals surface area contributed by atoms with Gasteiger partial charge in [-0.1, -0.05) is 0 Å². The first-order valence-corrected chi connectivity index (χ1v) is 13.9. The molecule has 0 radical (unpaired) electrons. The number of piperidine rings is 2. The first-order chi connectivity index (χ1) is 18.4. The van der Waals surface area contributed by atoms with E-state index >= 15 is 0 Å². The lowest BCUT2D eigenvalue weighted by molar-refractivity contribution is -0.144. The van der Waals surface area contributed by atoms with E-state index in [-0.39, 0.29) is 18.9 Å². The van der Waals surface area contributed by atoms with Gasteiger partial charge in [0.15, 0.2) is 0 Å². The third-order valence-electron chi connectivity index (χ3n) is 7.96. The van der Waals surface area contributed by atoms with E-state index in [1.807, 2.05) is 0 Å². The molecule has 38 heavy (non-hydrogen) atoms. The molecular weight excluding hydrogens is 488 g/mol. The number of aliphatic carboxylic acids is 1. The number of hydrogen-bond acceptors (Lipinski definition) is 7. The highest BCUT2D eigenvalue weighted by molar-refractivity contribution is 6.06. The van der Waals surface area contributed by atoms with E-state index in [0.717, 1.165) is 38.9 Å². The Morgan fingerprint density at radius 3 is 2.37 bits per heavy atom. The maximum absolute atomic E-state index is 13.3. The van der Waals surface area contributed by atoms with Crippen LogP contribution in [0.15, 0.2) is 24.3 Å². The molecule has 2 aliphatic heterocycles. The summed E-state index contributed by atoms with van der Waals surface area (Å²) < 4.78 is 5.68. The number of ether oxygens (including phenoxy) is 1. The number of Topliss-reactive ketones (excluding diaryl/α,β-unsaturated/α-hetero) is 1. The van der Waals surface area contributed by atoms with Gasteiger partial charge in [-0.2, -0.15) is 0 Å². The summed E-state index contributed by atoms with van der Waals surface area (Å²) in [6, 6.07) is 5.20. The maximum atomic E-state index is 13.3. The van der Waals surface area contributed by atoms with Gasteiger partial charge in [0.1, 0.15) is 23.0 Å². The predicted molar refractivity (Wildman–Crippen MR) is 141 cm³/mol. The summed E-state index contributed by atoms with van der Waals surface area (Å²) in [7, 11) is 0. The molecule has 0 bridgehead atoms. The highest BCUT2D eigenvalue weighted by Crippen LogP contribution is 2.32. The summed E-state index contributed by atoms with van der Waals surface area (Å²) in [6.07, 6.45) is 6.62. The van der Waals surface area contributed by atoms with Crippen LogP contribution < -0.4 is 26.0 Å². The fourth-order valence-corrected chi connectivity index (χ4v) is 5.22. The highest BCUT2D eigenvalue weighted by atomic mass is 16.5. The summed E-state index contributed by atoms with van der Waals surface area (Å²) in [5.41, 5.74) is -0.920. The quantitative estimate of drug-likeness (QED) is 0.242. The Hall–Kier alpha value is -2.98. The number of carboxylic acid groups (broad SMARTS) is 1. The molecular formula is C28H40N4O6. The van der Waals surface area contributed by atoms with Crippen molar-refractivity contribution in [2.45, 2.75) is 57.4 Å². The van der Waals surface area contributed by atoms with Crippen LogP contribution in [-0.2, 0) is 14.4 Å².